The monoisotopic (exact) mass is 258 g/mol. The van der Waals surface area contributed by atoms with E-state index < -0.39 is 0 Å². The Kier molecular flexibility index (Phi) is 3.48. The molecular formula is C10H15BrN2O. The molecule has 0 spiro atoms. The van der Waals surface area contributed by atoms with Gasteiger partial charge < -0.3 is 0 Å². The van der Waals surface area contributed by atoms with Gasteiger partial charge in [0, 0.05) is 12.0 Å². The Balaban J connectivity index is 3.17. The summed E-state index contributed by atoms with van der Waals surface area (Å²) in [7, 11) is 0. The Bertz CT molecular complexity index is 342. The first-order valence-electron chi connectivity index (χ1n) is 4.72. The van der Waals surface area contributed by atoms with Crippen LogP contribution in [0.25, 0.3) is 0 Å². The van der Waals surface area contributed by atoms with Crippen LogP contribution in [0.5, 0.6) is 0 Å². The van der Waals surface area contributed by atoms with E-state index in [0.717, 1.165) is 4.47 Å². The average Bonchev–Trinajstić information content (AvgIpc) is 2.45. The van der Waals surface area contributed by atoms with Gasteiger partial charge in [-0.3, -0.25) is 9.48 Å². The fourth-order valence-corrected chi connectivity index (χ4v) is 1.71. The molecule has 1 heterocycles. The van der Waals surface area contributed by atoms with Crippen molar-refractivity contribution >= 4 is 21.7 Å². The van der Waals surface area contributed by atoms with E-state index in [4.69, 9.17) is 0 Å². The molecule has 0 bridgehead atoms. The van der Waals surface area contributed by atoms with Crippen molar-refractivity contribution in [3.05, 3.63) is 16.4 Å². The summed E-state index contributed by atoms with van der Waals surface area (Å²) in [4.78, 5) is 11.9. The summed E-state index contributed by atoms with van der Waals surface area (Å²) in [6.07, 6.45) is 1.68. The molecular weight excluding hydrogens is 244 g/mol. The lowest BCUT2D eigenvalue weighted by molar-refractivity contribution is 0.0925. The standard InChI is InChI=1S/C10H15BrN2O/c1-6(2)10(14)9-8(11)5-12-13(9)7(3)4/h5-7H,1-4H3. The number of Topliss-reactive ketones (excluding diaryl/α,β-unsaturated/α-hetero) is 1. The third-order valence-corrected chi connectivity index (χ3v) is 2.58. The Hall–Kier alpha value is -0.640. The van der Waals surface area contributed by atoms with E-state index in [2.05, 4.69) is 21.0 Å². The van der Waals surface area contributed by atoms with E-state index in [-0.39, 0.29) is 17.7 Å². The van der Waals surface area contributed by atoms with E-state index in [1.807, 2.05) is 27.7 Å². The lowest BCUT2D eigenvalue weighted by Gasteiger charge is -2.11. The maximum atomic E-state index is 11.9. The molecule has 3 nitrogen and oxygen atoms in total. The third kappa shape index (κ3) is 2.05. The van der Waals surface area contributed by atoms with Crippen molar-refractivity contribution < 1.29 is 4.79 Å². The Morgan fingerprint density at radius 3 is 2.43 bits per heavy atom. The fourth-order valence-electron chi connectivity index (χ4n) is 1.24. The van der Waals surface area contributed by atoms with Crippen LogP contribution in [0.2, 0.25) is 0 Å². The van der Waals surface area contributed by atoms with E-state index in [9.17, 15) is 4.79 Å². The molecule has 14 heavy (non-hydrogen) atoms. The molecule has 0 saturated heterocycles. The zero-order chi connectivity index (χ0) is 10.9. The molecule has 1 aromatic rings. The second-order valence-corrected chi connectivity index (χ2v) is 4.75. The van der Waals surface area contributed by atoms with Gasteiger partial charge in [-0.25, -0.2) is 0 Å². The predicted molar refractivity (Wildman–Crippen MR) is 59.5 cm³/mol. The summed E-state index contributed by atoms with van der Waals surface area (Å²) in [6.45, 7) is 7.81. The van der Waals surface area contributed by atoms with Gasteiger partial charge in [-0.1, -0.05) is 13.8 Å². The van der Waals surface area contributed by atoms with Crippen LogP contribution >= 0.6 is 15.9 Å². The van der Waals surface area contributed by atoms with Gasteiger partial charge in [0.2, 0.25) is 0 Å². The minimum absolute atomic E-state index is 0.000463. The van der Waals surface area contributed by atoms with Gasteiger partial charge in [-0.2, -0.15) is 5.10 Å². The Morgan fingerprint density at radius 1 is 1.43 bits per heavy atom. The molecule has 0 saturated carbocycles. The number of nitrogens with zero attached hydrogens (tertiary/aromatic N) is 2. The summed E-state index contributed by atoms with van der Waals surface area (Å²) in [5.74, 6) is 0.128. The van der Waals surface area contributed by atoms with Crippen LogP contribution in [0.4, 0.5) is 0 Å². The first kappa shape index (κ1) is 11.4. The SMILES string of the molecule is CC(C)C(=O)c1c(Br)cnn1C(C)C. The van der Waals surface area contributed by atoms with E-state index in [0.29, 0.717) is 5.69 Å². The zero-order valence-electron chi connectivity index (χ0n) is 8.91. The van der Waals surface area contributed by atoms with Crippen LogP contribution in [0.1, 0.15) is 44.2 Å². The number of aromatic nitrogens is 2. The van der Waals surface area contributed by atoms with Gasteiger partial charge in [-0.15, -0.1) is 0 Å². The number of halogens is 1. The van der Waals surface area contributed by atoms with E-state index >= 15 is 0 Å². The predicted octanol–water partition coefficient (Wildman–Crippen LogP) is 3.07. The largest absolute Gasteiger partial charge is 0.292 e. The Labute approximate surface area is 92.6 Å². The first-order valence-corrected chi connectivity index (χ1v) is 5.51. The number of carbonyl (C=O) groups excluding carboxylic acids is 1. The molecule has 0 radical (unpaired) electrons. The van der Waals surface area contributed by atoms with E-state index in [1.54, 1.807) is 10.9 Å². The molecule has 78 valence electrons. The number of hydrogen-bond donors (Lipinski definition) is 0. The molecule has 0 aliphatic heterocycles. The number of rotatable bonds is 3. The Morgan fingerprint density at radius 2 is 2.00 bits per heavy atom. The van der Waals surface area contributed by atoms with Crippen molar-refractivity contribution in [1.82, 2.24) is 9.78 Å². The molecule has 0 aromatic carbocycles. The zero-order valence-corrected chi connectivity index (χ0v) is 10.5. The second-order valence-electron chi connectivity index (χ2n) is 3.90. The van der Waals surface area contributed by atoms with Gasteiger partial charge in [0.25, 0.3) is 0 Å². The maximum absolute atomic E-state index is 11.9. The number of hydrogen-bond acceptors (Lipinski definition) is 2. The fraction of sp³-hybridized carbons (Fsp3) is 0.600. The summed E-state index contributed by atoms with van der Waals surface area (Å²) in [6, 6.07) is 0.207. The van der Waals surface area contributed by atoms with Gasteiger partial charge >= 0.3 is 0 Å². The van der Waals surface area contributed by atoms with Gasteiger partial charge in [-0.05, 0) is 29.8 Å². The molecule has 0 aliphatic carbocycles. The molecule has 0 atom stereocenters. The van der Waals surface area contributed by atoms with Crippen LogP contribution in [0, 0.1) is 5.92 Å². The topological polar surface area (TPSA) is 34.9 Å². The van der Waals surface area contributed by atoms with Gasteiger partial charge in [0.05, 0.1) is 10.7 Å². The van der Waals surface area contributed by atoms with Crippen molar-refractivity contribution in [2.45, 2.75) is 33.7 Å². The minimum Gasteiger partial charge on any atom is -0.292 e. The molecule has 1 rings (SSSR count). The second kappa shape index (κ2) is 4.26. The summed E-state index contributed by atoms with van der Waals surface area (Å²) in [5, 5.41) is 4.17. The van der Waals surface area contributed by atoms with Crippen molar-refractivity contribution in [2.24, 2.45) is 5.92 Å². The third-order valence-electron chi connectivity index (χ3n) is 2.00. The van der Waals surface area contributed by atoms with Crippen LogP contribution in [0.15, 0.2) is 10.7 Å². The van der Waals surface area contributed by atoms with Gasteiger partial charge in [0.15, 0.2) is 5.78 Å². The molecule has 0 unspecified atom stereocenters. The summed E-state index contributed by atoms with van der Waals surface area (Å²) >= 11 is 3.35. The van der Waals surface area contributed by atoms with Gasteiger partial charge in [0.1, 0.15) is 5.69 Å². The highest BCUT2D eigenvalue weighted by atomic mass is 79.9. The molecule has 0 aliphatic rings. The lowest BCUT2D eigenvalue weighted by Crippen LogP contribution is -2.16. The summed E-state index contributed by atoms with van der Waals surface area (Å²) < 4.78 is 2.54. The highest BCUT2D eigenvalue weighted by molar-refractivity contribution is 9.10. The summed E-state index contributed by atoms with van der Waals surface area (Å²) in [5.41, 5.74) is 0.676. The highest BCUT2D eigenvalue weighted by Gasteiger charge is 2.20. The molecule has 1 aromatic heterocycles. The van der Waals surface area contributed by atoms with E-state index in [1.165, 1.54) is 0 Å². The highest BCUT2D eigenvalue weighted by Crippen LogP contribution is 2.22. The lowest BCUT2D eigenvalue weighted by atomic mass is 10.1. The minimum atomic E-state index is 0.000463. The molecule has 0 amide bonds. The maximum Gasteiger partial charge on any atom is 0.184 e. The van der Waals surface area contributed by atoms with Crippen molar-refractivity contribution in [2.75, 3.05) is 0 Å². The first-order chi connectivity index (χ1) is 6.45. The number of ketones is 1. The van der Waals surface area contributed by atoms with Crippen molar-refractivity contribution in [3.63, 3.8) is 0 Å². The molecule has 4 heteroatoms. The van der Waals surface area contributed by atoms with Crippen LogP contribution in [-0.4, -0.2) is 15.6 Å². The van der Waals surface area contributed by atoms with Crippen LogP contribution in [0.3, 0.4) is 0 Å². The molecule has 0 fully saturated rings. The quantitative estimate of drug-likeness (QED) is 0.782. The molecule has 0 N–H and O–H groups in total. The van der Waals surface area contributed by atoms with Crippen molar-refractivity contribution in [1.29, 1.82) is 0 Å². The smallest absolute Gasteiger partial charge is 0.184 e. The van der Waals surface area contributed by atoms with Crippen molar-refractivity contribution in [3.8, 4) is 0 Å². The normalized spacial score (nSPS) is 11.4. The van der Waals surface area contributed by atoms with Crippen LogP contribution in [-0.2, 0) is 0 Å². The number of carbonyl (C=O) groups is 1. The average molecular weight is 259 g/mol. The van der Waals surface area contributed by atoms with Crippen LogP contribution < -0.4 is 0 Å².